The molecule has 10 nitrogen and oxygen atoms in total. The number of halogens is 7. The van der Waals surface area contributed by atoms with E-state index in [1.807, 2.05) is 154 Å². The van der Waals surface area contributed by atoms with Crippen LogP contribution in [0.5, 0.6) is 0 Å². The second-order valence-electron chi connectivity index (χ2n) is 13.7. The van der Waals surface area contributed by atoms with Crippen LogP contribution in [0.15, 0.2) is 140 Å². The summed E-state index contributed by atoms with van der Waals surface area (Å²) >= 11 is 19.1. The third kappa shape index (κ3) is 22.2. The molecule has 0 aliphatic carbocycles. The van der Waals surface area contributed by atoms with Crippen molar-refractivity contribution in [2.75, 3.05) is 10.7 Å². The van der Waals surface area contributed by atoms with Gasteiger partial charge in [-0.1, -0.05) is 77.9 Å². The van der Waals surface area contributed by atoms with Crippen molar-refractivity contribution in [1.29, 1.82) is 0 Å². The summed E-state index contributed by atoms with van der Waals surface area (Å²) in [6.07, 6.45) is 7.26. The molecule has 4 aromatic heterocycles. The Labute approximate surface area is 420 Å². The summed E-state index contributed by atoms with van der Waals surface area (Å²) in [5, 5.41) is 12.2. The van der Waals surface area contributed by atoms with Crippen LogP contribution in [0.3, 0.4) is 0 Å². The summed E-state index contributed by atoms with van der Waals surface area (Å²) in [4.78, 5) is 29.0. The van der Waals surface area contributed by atoms with E-state index in [1.165, 1.54) is 22.3 Å². The number of carboxylic acids is 1. The molecule has 0 saturated heterocycles. The van der Waals surface area contributed by atoms with Crippen molar-refractivity contribution in [2.45, 2.75) is 47.1 Å². The van der Waals surface area contributed by atoms with Crippen LogP contribution in [0, 0.1) is 41.5 Å². The molecule has 3 aromatic carbocycles. The molecule has 0 bridgehead atoms. The number of benzene rings is 3. The summed E-state index contributed by atoms with van der Waals surface area (Å²) in [6, 6.07) is 37.3. The number of aromatic carboxylic acids is 1. The molecule has 7 rings (SSSR count). The first kappa shape index (κ1) is 62.1. The number of carbonyl (C=O) groups is 1. The third-order valence-electron chi connectivity index (χ3n) is 8.46. The fraction of sp³-hybridized carbons (Fsp3) is 0.188. The predicted molar refractivity (Wildman–Crippen MR) is 259 cm³/mol. The Morgan fingerprint density at radius 3 is 0.955 bits per heavy atom. The molecule has 19 heteroatoms. The Kier molecular flexibility index (Phi) is 28.9. The first-order valence-corrected chi connectivity index (χ1v) is 22.7. The van der Waals surface area contributed by atoms with Crippen LogP contribution in [0.4, 0.5) is 13.2 Å². The predicted octanol–water partition coefficient (Wildman–Crippen LogP) is 11.5. The number of carboxylic acid groups (broad SMARTS) is 1. The Morgan fingerprint density at radius 1 is 0.522 bits per heavy atom. The summed E-state index contributed by atoms with van der Waals surface area (Å²) < 4.78 is 58.9. The Hall–Kier alpha value is -4.93. The number of nitrogens with zero attached hydrogens (tertiary/aromatic N) is 4. The number of hydrogen-bond donors (Lipinski definition) is 0. The number of rotatable bonds is 5. The Morgan fingerprint density at radius 2 is 0.761 bits per heavy atom. The molecule has 4 heterocycles. The minimum absolute atomic E-state index is 0. The van der Waals surface area contributed by atoms with Gasteiger partial charge in [0.15, 0.2) is 10.1 Å². The maximum Gasteiger partial charge on any atom is 2.00 e. The zero-order valence-corrected chi connectivity index (χ0v) is 42.1. The van der Waals surface area contributed by atoms with E-state index in [9.17, 15) is 23.1 Å². The molecule has 1 radical (unpaired) electrons. The van der Waals surface area contributed by atoms with Crippen LogP contribution >= 0.6 is 46.4 Å². The van der Waals surface area contributed by atoms with Gasteiger partial charge in [-0.25, -0.2) is 8.42 Å². The quantitative estimate of drug-likeness (QED) is 0.0532. The molecule has 357 valence electrons. The average Bonchev–Trinajstić information content (AvgIpc) is 3.24. The van der Waals surface area contributed by atoms with Gasteiger partial charge in [-0.3, -0.25) is 19.9 Å². The largest absolute Gasteiger partial charge is 2.00 e. The van der Waals surface area contributed by atoms with Crippen LogP contribution in [0.2, 0.25) is 0 Å². The van der Waals surface area contributed by atoms with E-state index in [-0.39, 0.29) is 38.8 Å². The van der Waals surface area contributed by atoms with Gasteiger partial charge >= 0.3 is 22.6 Å². The van der Waals surface area contributed by atoms with Crippen LogP contribution in [-0.4, -0.2) is 55.1 Å². The van der Waals surface area contributed by atoms with Gasteiger partial charge in [-0.05, 0) is 135 Å². The fourth-order valence-corrected chi connectivity index (χ4v) is 5.42. The summed E-state index contributed by atoms with van der Waals surface area (Å²) in [5.41, 5.74) is 8.57. The van der Waals surface area contributed by atoms with Crippen molar-refractivity contribution >= 4 is 62.5 Å². The van der Waals surface area contributed by atoms with E-state index >= 15 is 0 Å². The second-order valence-corrected chi connectivity index (χ2v) is 16.7. The van der Waals surface area contributed by atoms with Gasteiger partial charge in [-0.2, -0.15) is 13.2 Å². The van der Waals surface area contributed by atoms with Gasteiger partial charge in [0.05, 0.1) is 39.4 Å². The van der Waals surface area contributed by atoms with Gasteiger partial charge in [-0.15, -0.1) is 46.4 Å². The van der Waals surface area contributed by atoms with E-state index in [0.717, 1.165) is 45.0 Å². The normalized spacial score (nSPS) is 10.1. The monoisotopic (exact) mass is 1060 g/mol. The van der Waals surface area contributed by atoms with E-state index < -0.39 is 21.6 Å². The number of alkyl halides is 7. The summed E-state index contributed by atoms with van der Waals surface area (Å²) in [5.74, 6) is -1.16. The molecular weight excluding hydrogens is 1010 g/mol. The summed E-state index contributed by atoms with van der Waals surface area (Å²) in [6.45, 7) is 12.2. The van der Waals surface area contributed by atoms with Gasteiger partial charge in [0, 0.05) is 30.4 Å². The molecule has 0 saturated carbocycles. The molecule has 0 amide bonds. The van der Waals surface area contributed by atoms with Crippen LogP contribution < -0.4 is 5.11 Å². The van der Waals surface area contributed by atoms with Crippen LogP contribution in [0.25, 0.3) is 45.0 Å². The van der Waals surface area contributed by atoms with Gasteiger partial charge in [0.2, 0.25) is 0 Å². The van der Waals surface area contributed by atoms with Crippen LogP contribution in [0.1, 0.15) is 43.7 Å². The van der Waals surface area contributed by atoms with E-state index in [1.54, 1.807) is 0 Å². The molecule has 0 unspecified atom stereocenters. The van der Waals surface area contributed by atoms with Crippen molar-refractivity contribution < 1.29 is 58.6 Å². The topological polar surface area (TPSA) is 182 Å². The summed E-state index contributed by atoms with van der Waals surface area (Å²) in [7, 11) is -6.09. The fourth-order valence-electron chi connectivity index (χ4n) is 5.42. The number of aromatic nitrogens is 4. The van der Waals surface area contributed by atoms with Gasteiger partial charge < -0.3 is 19.9 Å². The van der Waals surface area contributed by atoms with E-state index in [4.69, 9.17) is 59.4 Å². The zero-order valence-electron chi connectivity index (χ0n) is 37.0. The Bertz CT molecular complexity index is 2450. The smallest absolute Gasteiger partial charge is 0.741 e. The SMILES string of the molecule is Cc1ccc(-c2cccc(-c3ccc(C)cc3)c2C(=O)[O-])cc1.Cc1ccnc(-c2cc(C)ccn2)c1.Cc1ccnc(-c2cc(C)ccn2)c1.ClCCl.ClCCl.O=S(=O)([O-])C(F)(F)F.[Mn+2].[OH3+]. The molecular formula is C48H48Cl4F3MnN4O6S+. The standard InChI is InChI=1S/C21H18O2.2C12H12N2.2CH2Cl2.CHF3O3S.Mn.H2O/c1-14-6-10-16(11-7-14)18-4-3-5-19(20(18)21(22)23)17-12-8-15(2)9-13-17;2*1-9-3-5-13-11(7-9)12-8-10(2)4-6-14-12;2*2-1-3;2-1(3,4)8(5,6)7;;/h3-13H,1-2H3,(H,22,23);2*3-8H,1-2H3;2*1H2;(H,5,6,7);;1H2/q;;;;;;+2;/p-1. The van der Waals surface area contributed by atoms with Crippen molar-refractivity contribution in [3.05, 3.63) is 179 Å². The first-order chi connectivity index (χ1) is 30.6. The number of aryl methyl sites for hydroxylation is 6. The van der Waals surface area contributed by atoms with E-state index in [2.05, 4.69) is 47.6 Å². The van der Waals surface area contributed by atoms with Gasteiger partial charge in [0.25, 0.3) is 0 Å². The first-order valence-electron chi connectivity index (χ1n) is 19.1. The minimum atomic E-state index is -6.09. The molecule has 0 spiro atoms. The van der Waals surface area contributed by atoms with Gasteiger partial charge in [0.1, 0.15) is 0 Å². The van der Waals surface area contributed by atoms with Crippen molar-refractivity contribution in [2.24, 2.45) is 0 Å². The molecule has 0 atom stereocenters. The molecule has 3 N–H and O–H groups in total. The van der Waals surface area contributed by atoms with Crippen molar-refractivity contribution in [3.8, 4) is 45.0 Å². The maximum atomic E-state index is 11.8. The Balaban J connectivity index is 0.000000868. The second kappa shape index (κ2) is 31.2. The maximum absolute atomic E-state index is 11.8. The molecule has 0 fully saturated rings. The average molecular weight is 1060 g/mol. The van der Waals surface area contributed by atoms with Crippen LogP contribution in [-0.2, 0) is 32.7 Å². The number of carbonyl (C=O) groups excluding carboxylic acids is 1. The molecule has 67 heavy (non-hydrogen) atoms. The third-order valence-corrected chi connectivity index (χ3v) is 9.03. The van der Waals surface area contributed by atoms with Crippen molar-refractivity contribution in [3.63, 3.8) is 0 Å². The number of hydrogen-bond acceptors (Lipinski definition) is 9. The molecule has 0 aliphatic heterocycles. The molecule has 0 aliphatic rings. The zero-order chi connectivity index (χ0) is 48.7. The number of pyridine rings is 4. The molecule has 7 aromatic rings. The van der Waals surface area contributed by atoms with E-state index in [0.29, 0.717) is 11.1 Å². The van der Waals surface area contributed by atoms with Crippen molar-refractivity contribution in [1.82, 2.24) is 19.9 Å². The minimum Gasteiger partial charge on any atom is -0.741 e.